The Balaban J connectivity index is 1.46. The van der Waals surface area contributed by atoms with Crippen LogP contribution in [0, 0.1) is 11.3 Å². The van der Waals surface area contributed by atoms with Crippen molar-refractivity contribution in [3.8, 4) is 28.9 Å². The number of nitriles is 1. The summed E-state index contributed by atoms with van der Waals surface area (Å²) in [5, 5.41) is 9.65. The van der Waals surface area contributed by atoms with Gasteiger partial charge in [0.1, 0.15) is 23.2 Å². The van der Waals surface area contributed by atoms with Crippen molar-refractivity contribution in [2.24, 2.45) is 0 Å². The summed E-state index contributed by atoms with van der Waals surface area (Å²) in [6.45, 7) is 3.15. The molecule has 1 aromatic heterocycles. The summed E-state index contributed by atoms with van der Waals surface area (Å²) in [6.07, 6.45) is 1.53. The molecule has 0 fully saturated rings. The third-order valence-electron chi connectivity index (χ3n) is 6.09. The van der Waals surface area contributed by atoms with Gasteiger partial charge in [0.2, 0.25) is 6.79 Å². The van der Waals surface area contributed by atoms with Gasteiger partial charge in [0.25, 0.3) is 11.8 Å². The number of rotatable bonds is 5. The van der Waals surface area contributed by atoms with E-state index in [1.54, 1.807) is 61.5 Å². The summed E-state index contributed by atoms with van der Waals surface area (Å²) in [4.78, 5) is 38.9. The van der Waals surface area contributed by atoms with Crippen molar-refractivity contribution >= 4 is 23.7 Å². The molecule has 3 aromatic rings. The molecule has 8 nitrogen and oxygen atoms in total. The monoisotopic (exact) mass is 480 g/mol. The van der Waals surface area contributed by atoms with E-state index in [1.807, 2.05) is 6.07 Å². The fourth-order valence-electron chi connectivity index (χ4n) is 4.09. The average Bonchev–Trinajstić information content (AvgIpc) is 3.54. The Kier molecular flexibility index (Phi) is 5.74. The van der Waals surface area contributed by atoms with E-state index < -0.39 is 11.8 Å². The molecule has 0 unspecified atom stereocenters. The molecular weight excluding hydrogens is 460 g/mol. The fourth-order valence-corrected chi connectivity index (χ4v) is 4.09. The van der Waals surface area contributed by atoms with Crippen LogP contribution in [-0.4, -0.2) is 29.3 Å². The van der Waals surface area contributed by atoms with Crippen LogP contribution in [0.1, 0.15) is 35.5 Å². The number of ether oxygens (including phenoxy) is 2. The first-order valence-electron chi connectivity index (χ1n) is 11.1. The first-order valence-corrected chi connectivity index (χ1v) is 11.1. The maximum absolute atomic E-state index is 13.4. The van der Waals surface area contributed by atoms with E-state index in [4.69, 9.17) is 13.9 Å². The van der Waals surface area contributed by atoms with Crippen LogP contribution < -0.4 is 9.47 Å². The van der Waals surface area contributed by atoms with Gasteiger partial charge in [0, 0.05) is 16.7 Å². The number of nitrogens with zero attached hydrogens (tertiary/aromatic N) is 2. The number of ketones is 1. The topological polar surface area (TPSA) is 110 Å². The van der Waals surface area contributed by atoms with Crippen LogP contribution in [0.3, 0.4) is 0 Å². The molecule has 0 radical (unpaired) electrons. The minimum Gasteiger partial charge on any atom is -0.457 e. The van der Waals surface area contributed by atoms with Crippen molar-refractivity contribution in [1.82, 2.24) is 4.90 Å². The van der Waals surface area contributed by atoms with Crippen LogP contribution in [0.25, 0.3) is 17.4 Å². The first kappa shape index (κ1) is 22.9. The lowest BCUT2D eigenvalue weighted by atomic mass is 9.94. The Morgan fingerprint density at radius 3 is 2.50 bits per heavy atom. The van der Waals surface area contributed by atoms with Gasteiger partial charge in [-0.25, -0.2) is 0 Å². The molecule has 0 aliphatic carbocycles. The lowest BCUT2D eigenvalue weighted by Crippen LogP contribution is -2.42. The van der Waals surface area contributed by atoms with Crippen LogP contribution in [-0.2, 0) is 16.1 Å². The van der Waals surface area contributed by atoms with Crippen molar-refractivity contribution in [3.63, 3.8) is 0 Å². The molecule has 3 heterocycles. The predicted octanol–water partition coefficient (Wildman–Crippen LogP) is 4.67. The molecule has 8 heteroatoms. The number of fused-ring (bicyclic) bond motifs is 1. The Labute approximate surface area is 206 Å². The standard InChI is InChI=1S/C28H20N2O6/c1-16-22(12-21-8-10-24(36-21)20-6-4-19(5-7-20)17(2)31)27(32)30(28(33)23(16)13-29)14-18-3-9-25-26(11-18)35-15-34-25/h3-12H,14-15H2,1-2H3/b22-12+. The minimum absolute atomic E-state index is 0.0300. The smallest absolute Gasteiger partial charge is 0.271 e. The maximum atomic E-state index is 13.4. The van der Waals surface area contributed by atoms with E-state index in [2.05, 4.69) is 0 Å². The van der Waals surface area contributed by atoms with E-state index in [1.165, 1.54) is 13.0 Å². The highest BCUT2D eigenvalue weighted by Crippen LogP contribution is 2.34. The molecule has 0 saturated carbocycles. The lowest BCUT2D eigenvalue weighted by molar-refractivity contribution is -0.141. The molecule has 2 aromatic carbocycles. The third kappa shape index (κ3) is 4.07. The van der Waals surface area contributed by atoms with Crippen LogP contribution in [0.4, 0.5) is 0 Å². The second-order valence-corrected chi connectivity index (χ2v) is 8.39. The SMILES string of the molecule is CC(=O)c1ccc(-c2ccc(/C=C3/C(=O)N(Cc4ccc5c(c4)OCO5)C(=O)C(C#N)=C3C)o2)cc1. The number of benzene rings is 2. The Bertz CT molecular complexity index is 1520. The summed E-state index contributed by atoms with van der Waals surface area (Å²) < 4.78 is 16.6. The number of hydrogen-bond acceptors (Lipinski definition) is 7. The van der Waals surface area contributed by atoms with Crippen LogP contribution in [0.5, 0.6) is 11.5 Å². The van der Waals surface area contributed by atoms with Crippen molar-refractivity contribution in [2.45, 2.75) is 20.4 Å². The van der Waals surface area contributed by atoms with Crippen molar-refractivity contribution in [2.75, 3.05) is 6.79 Å². The number of amides is 2. The number of furan rings is 1. The van der Waals surface area contributed by atoms with Gasteiger partial charge in [0.05, 0.1) is 6.54 Å². The molecule has 0 N–H and O–H groups in total. The molecule has 178 valence electrons. The highest BCUT2D eigenvalue weighted by Gasteiger charge is 2.36. The van der Waals surface area contributed by atoms with Gasteiger partial charge >= 0.3 is 0 Å². The molecule has 5 rings (SSSR count). The third-order valence-corrected chi connectivity index (χ3v) is 6.09. The quantitative estimate of drug-likeness (QED) is 0.296. The van der Waals surface area contributed by atoms with Crippen molar-refractivity contribution in [1.29, 1.82) is 5.26 Å². The molecule has 0 bridgehead atoms. The number of Topliss-reactive ketones (excluding diaryl/α,β-unsaturated/α-hetero) is 1. The molecule has 0 atom stereocenters. The zero-order valence-corrected chi connectivity index (χ0v) is 19.5. The molecule has 2 aliphatic heterocycles. The van der Waals surface area contributed by atoms with Gasteiger partial charge < -0.3 is 13.9 Å². The van der Waals surface area contributed by atoms with E-state index in [-0.39, 0.29) is 35.8 Å². The van der Waals surface area contributed by atoms with E-state index in [0.29, 0.717) is 34.1 Å². The molecular formula is C28H20N2O6. The average molecular weight is 480 g/mol. The summed E-state index contributed by atoms with van der Waals surface area (Å²) in [5.74, 6) is 0.852. The second-order valence-electron chi connectivity index (χ2n) is 8.39. The number of hydrogen-bond donors (Lipinski definition) is 0. The zero-order chi connectivity index (χ0) is 25.4. The molecule has 0 saturated heterocycles. The summed E-state index contributed by atoms with van der Waals surface area (Å²) in [5.41, 5.74) is 2.40. The van der Waals surface area contributed by atoms with Gasteiger partial charge in [-0.05, 0) is 55.3 Å². The van der Waals surface area contributed by atoms with Gasteiger partial charge in [0.15, 0.2) is 17.3 Å². The molecule has 2 aliphatic rings. The highest BCUT2D eigenvalue weighted by atomic mass is 16.7. The number of carbonyl (C=O) groups is 3. The second kappa shape index (κ2) is 9.04. The highest BCUT2D eigenvalue weighted by molar-refractivity contribution is 6.19. The Morgan fingerprint density at radius 2 is 1.78 bits per heavy atom. The summed E-state index contributed by atoms with van der Waals surface area (Å²) in [7, 11) is 0. The van der Waals surface area contributed by atoms with E-state index in [9.17, 15) is 19.6 Å². The van der Waals surface area contributed by atoms with Gasteiger partial charge in [-0.2, -0.15) is 5.26 Å². The molecule has 36 heavy (non-hydrogen) atoms. The van der Waals surface area contributed by atoms with Crippen molar-refractivity contribution < 1.29 is 28.3 Å². The van der Waals surface area contributed by atoms with E-state index in [0.717, 1.165) is 10.5 Å². The van der Waals surface area contributed by atoms with Crippen LogP contribution in [0.2, 0.25) is 0 Å². The first-order chi connectivity index (χ1) is 17.4. The maximum Gasteiger partial charge on any atom is 0.271 e. The molecule has 0 spiro atoms. The van der Waals surface area contributed by atoms with Crippen molar-refractivity contribution in [3.05, 3.63) is 88.2 Å². The number of carbonyl (C=O) groups excluding carboxylic acids is 3. The summed E-state index contributed by atoms with van der Waals surface area (Å²) >= 11 is 0. The predicted molar refractivity (Wildman–Crippen MR) is 129 cm³/mol. The molecule has 2 amide bonds. The van der Waals surface area contributed by atoms with Gasteiger partial charge in [-0.3, -0.25) is 19.3 Å². The Hall–Kier alpha value is -4.90. The zero-order valence-electron chi connectivity index (χ0n) is 19.5. The fraction of sp³-hybridized carbons (Fsp3) is 0.143. The number of imide groups is 1. The van der Waals surface area contributed by atoms with Crippen LogP contribution in [0.15, 0.2) is 75.7 Å². The van der Waals surface area contributed by atoms with E-state index >= 15 is 0 Å². The minimum atomic E-state index is -0.652. The van der Waals surface area contributed by atoms with Gasteiger partial charge in [-0.15, -0.1) is 0 Å². The largest absolute Gasteiger partial charge is 0.457 e. The summed E-state index contributed by atoms with van der Waals surface area (Å²) in [6, 6.07) is 17.5. The normalized spacial score (nSPS) is 16.0. The Morgan fingerprint density at radius 1 is 1.03 bits per heavy atom. The van der Waals surface area contributed by atoms with Gasteiger partial charge in [-0.1, -0.05) is 30.3 Å². The lowest BCUT2D eigenvalue weighted by Gasteiger charge is -2.27. The van der Waals surface area contributed by atoms with Crippen LogP contribution >= 0.6 is 0 Å².